The molecule has 1 heterocycles. The lowest BCUT2D eigenvalue weighted by Gasteiger charge is -2.30. The number of halogens is 1. The molecular formula is C14H18ClNO3. The number of amides is 1. The van der Waals surface area contributed by atoms with Gasteiger partial charge in [-0.25, -0.2) is 0 Å². The zero-order chi connectivity index (χ0) is 13.8. The summed E-state index contributed by atoms with van der Waals surface area (Å²) in [5, 5.41) is 0.0364. The van der Waals surface area contributed by atoms with Gasteiger partial charge in [0.2, 0.25) is 0 Å². The minimum atomic E-state index is -0.0545. The molecule has 1 atom stereocenters. The van der Waals surface area contributed by atoms with Crippen molar-refractivity contribution in [1.82, 2.24) is 4.90 Å². The van der Waals surface area contributed by atoms with Gasteiger partial charge in [0.15, 0.2) is 11.5 Å². The molecule has 0 aliphatic carbocycles. The molecule has 1 aliphatic heterocycles. The fraction of sp³-hybridized carbons (Fsp3) is 0.500. The van der Waals surface area contributed by atoms with E-state index in [0.717, 1.165) is 19.4 Å². The third-order valence-corrected chi connectivity index (χ3v) is 3.64. The minimum absolute atomic E-state index is 0.0364. The van der Waals surface area contributed by atoms with Crippen LogP contribution in [0.25, 0.3) is 0 Å². The number of methoxy groups -OCH3 is 2. The summed E-state index contributed by atoms with van der Waals surface area (Å²) in [6, 6.07) is 5.31. The van der Waals surface area contributed by atoms with E-state index in [-0.39, 0.29) is 11.3 Å². The molecule has 4 nitrogen and oxygen atoms in total. The molecule has 1 saturated heterocycles. The zero-order valence-corrected chi connectivity index (χ0v) is 11.9. The van der Waals surface area contributed by atoms with Crippen molar-refractivity contribution in [1.29, 1.82) is 0 Å². The molecule has 0 spiro atoms. The predicted molar refractivity (Wildman–Crippen MR) is 74.3 cm³/mol. The molecule has 2 rings (SSSR count). The summed E-state index contributed by atoms with van der Waals surface area (Å²) in [6.45, 7) is 1.32. The van der Waals surface area contributed by atoms with Gasteiger partial charge in [-0.05, 0) is 25.0 Å². The number of benzene rings is 1. The molecule has 1 fully saturated rings. The molecule has 104 valence electrons. The summed E-state index contributed by atoms with van der Waals surface area (Å²) in [5.74, 6) is 0.987. The average Bonchev–Trinajstić information content (AvgIpc) is 2.45. The standard InChI is InChI=1S/C14H18ClNO3/c1-18-12-7-3-6-11(13(12)19-2)14(17)16-8-4-5-10(15)9-16/h3,6-7,10H,4-5,8-9H2,1-2H3. The second-order valence-corrected chi connectivity index (χ2v) is 5.15. The highest BCUT2D eigenvalue weighted by Crippen LogP contribution is 2.32. The molecule has 1 aromatic rings. The fourth-order valence-corrected chi connectivity index (χ4v) is 2.66. The first-order valence-corrected chi connectivity index (χ1v) is 6.75. The predicted octanol–water partition coefficient (Wildman–Crippen LogP) is 2.55. The molecule has 1 aliphatic rings. The van der Waals surface area contributed by atoms with Crippen LogP contribution in [-0.4, -0.2) is 43.5 Å². The van der Waals surface area contributed by atoms with Crippen molar-refractivity contribution in [3.63, 3.8) is 0 Å². The van der Waals surface area contributed by atoms with Crippen LogP contribution in [0, 0.1) is 0 Å². The highest BCUT2D eigenvalue weighted by molar-refractivity contribution is 6.21. The van der Waals surface area contributed by atoms with Crippen LogP contribution in [0.5, 0.6) is 11.5 Å². The van der Waals surface area contributed by atoms with Crippen molar-refractivity contribution >= 4 is 17.5 Å². The van der Waals surface area contributed by atoms with E-state index in [1.54, 1.807) is 30.2 Å². The molecule has 1 amide bonds. The Morgan fingerprint density at radius 2 is 2.16 bits per heavy atom. The maximum atomic E-state index is 12.5. The van der Waals surface area contributed by atoms with Crippen LogP contribution >= 0.6 is 11.6 Å². The van der Waals surface area contributed by atoms with Gasteiger partial charge in [-0.1, -0.05) is 6.07 Å². The van der Waals surface area contributed by atoms with E-state index in [1.807, 2.05) is 0 Å². The van der Waals surface area contributed by atoms with E-state index in [2.05, 4.69) is 0 Å². The largest absolute Gasteiger partial charge is 0.493 e. The van der Waals surface area contributed by atoms with Gasteiger partial charge in [-0.3, -0.25) is 4.79 Å². The van der Waals surface area contributed by atoms with E-state index in [9.17, 15) is 4.79 Å². The van der Waals surface area contributed by atoms with Crippen molar-refractivity contribution in [3.8, 4) is 11.5 Å². The molecule has 0 N–H and O–H groups in total. The van der Waals surface area contributed by atoms with Crippen molar-refractivity contribution in [2.45, 2.75) is 18.2 Å². The Hall–Kier alpha value is -1.42. The molecule has 5 heteroatoms. The highest BCUT2D eigenvalue weighted by Gasteiger charge is 2.26. The van der Waals surface area contributed by atoms with Crippen LogP contribution in [0.4, 0.5) is 0 Å². The molecule has 0 bridgehead atoms. The minimum Gasteiger partial charge on any atom is -0.493 e. The monoisotopic (exact) mass is 283 g/mol. The normalized spacial score (nSPS) is 19.1. The quantitative estimate of drug-likeness (QED) is 0.800. The van der Waals surface area contributed by atoms with Gasteiger partial charge in [0.1, 0.15) is 0 Å². The van der Waals surface area contributed by atoms with Crippen molar-refractivity contribution in [2.75, 3.05) is 27.3 Å². The van der Waals surface area contributed by atoms with Gasteiger partial charge in [0.25, 0.3) is 5.91 Å². The third kappa shape index (κ3) is 2.95. The SMILES string of the molecule is COc1cccc(C(=O)N2CCCC(Cl)C2)c1OC. The van der Waals surface area contributed by atoms with Gasteiger partial charge < -0.3 is 14.4 Å². The Balaban J connectivity index is 2.28. The fourth-order valence-electron chi connectivity index (χ4n) is 2.34. The summed E-state index contributed by atoms with van der Waals surface area (Å²) in [7, 11) is 3.09. The number of hydrogen-bond donors (Lipinski definition) is 0. The number of likely N-dealkylation sites (tertiary alicyclic amines) is 1. The van der Waals surface area contributed by atoms with E-state index in [0.29, 0.717) is 23.6 Å². The molecule has 19 heavy (non-hydrogen) atoms. The van der Waals surface area contributed by atoms with E-state index >= 15 is 0 Å². The first kappa shape index (κ1) is 14.0. The number of para-hydroxylation sites is 1. The summed E-state index contributed by atoms with van der Waals surface area (Å²) >= 11 is 6.13. The number of piperidine rings is 1. The highest BCUT2D eigenvalue weighted by atomic mass is 35.5. The molecule has 1 unspecified atom stereocenters. The summed E-state index contributed by atoms with van der Waals surface area (Å²) in [4.78, 5) is 14.3. The first-order valence-electron chi connectivity index (χ1n) is 6.31. The van der Waals surface area contributed by atoms with Crippen molar-refractivity contribution in [2.24, 2.45) is 0 Å². The second kappa shape index (κ2) is 6.15. The maximum absolute atomic E-state index is 12.5. The van der Waals surface area contributed by atoms with Crippen LogP contribution in [0.1, 0.15) is 23.2 Å². The lowest BCUT2D eigenvalue weighted by Crippen LogP contribution is -2.40. The molecule has 0 radical (unpaired) electrons. The lowest BCUT2D eigenvalue weighted by molar-refractivity contribution is 0.0723. The first-order chi connectivity index (χ1) is 9.17. The number of ether oxygens (including phenoxy) is 2. The van der Waals surface area contributed by atoms with Gasteiger partial charge in [0, 0.05) is 13.1 Å². The molecule has 0 saturated carbocycles. The third-order valence-electron chi connectivity index (χ3n) is 3.28. The molecule has 1 aromatic carbocycles. The van der Waals surface area contributed by atoms with Crippen molar-refractivity contribution in [3.05, 3.63) is 23.8 Å². The van der Waals surface area contributed by atoms with E-state index in [4.69, 9.17) is 21.1 Å². The Morgan fingerprint density at radius 3 is 2.79 bits per heavy atom. The Bertz CT molecular complexity index is 464. The number of carbonyl (C=O) groups is 1. The smallest absolute Gasteiger partial charge is 0.257 e. The van der Waals surface area contributed by atoms with Gasteiger partial charge >= 0.3 is 0 Å². The topological polar surface area (TPSA) is 38.8 Å². The van der Waals surface area contributed by atoms with Crippen molar-refractivity contribution < 1.29 is 14.3 Å². The lowest BCUT2D eigenvalue weighted by atomic mass is 10.1. The second-order valence-electron chi connectivity index (χ2n) is 4.53. The van der Waals surface area contributed by atoms with E-state index in [1.165, 1.54) is 7.11 Å². The number of alkyl halides is 1. The Morgan fingerprint density at radius 1 is 1.37 bits per heavy atom. The van der Waals surface area contributed by atoms with Crippen LogP contribution in [-0.2, 0) is 0 Å². The maximum Gasteiger partial charge on any atom is 0.257 e. The summed E-state index contributed by atoms with van der Waals surface area (Å²) in [5.41, 5.74) is 0.521. The van der Waals surface area contributed by atoms with Crippen LogP contribution < -0.4 is 9.47 Å². The Labute approximate surface area is 118 Å². The Kier molecular flexibility index (Phi) is 4.53. The van der Waals surface area contributed by atoms with Gasteiger partial charge in [-0.15, -0.1) is 11.6 Å². The number of carbonyl (C=O) groups excluding carboxylic acids is 1. The average molecular weight is 284 g/mol. The summed E-state index contributed by atoms with van der Waals surface area (Å²) in [6.07, 6.45) is 1.90. The summed E-state index contributed by atoms with van der Waals surface area (Å²) < 4.78 is 10.5. The number of rotatable bonds is 3. The number of hydrogen-bond acceptors (Lipinski definition) is 3. The van der Waals surface area contributed by atoms with Crippen LogP contribution in [0.3, 0.4) is 0 Å². The molecular weight excluding hydrogens is 266 g/mol. The number of nitrogens with zero attached hydrogens (tertiary/aromatic N) is 1. The van der Waals surface area contributed by atoms with Crippen LogP contribution in [0.15, 0.2) is 18.2 Å². The van der Waals surface area contributed by atoms with E-state index < -0.39 is 0 Å². The van der Waals surface area contributed by atoms with Gasteiger partial charge in [-0.2, -0.15) is 0 Å². The zero-order valence-electron chi connectivity index (χ0n) is 11.2. The van der Waals surface area contributed by atoms with Gasteiger partial charge in [0.05, 0.1) is 25.2 Å². The van der Waals surface area contributed by atoms with Crippen LogP contribution in [0.2, 0.25) is 0 Å². The molecule has 0 aromatic heterocycles.